The van der Waals surface area contributed by atoms with E-state index in [2.05, 4.69) is 27.7 Å². The lowest BCUT2D eigenvalue weighted by Crippen LogP contribution is -2.46. The molecule has 1 aliphatic carbocycles. The summed E-state index contributed by atoms with van der Waals surface area (Å²) in [6.45, 7) is 9.18. The molecule has 0 bridgehead atoms. The van der Waals surface area contributed by atoms with Gasteiger partial charge in [-0.05, 0) is 30.6 Å². The summed E-state index contributed by atoms with van der Waals surface area (Å²) in [6, 6.07) is 0. The Morgan fingerprint density at radius 3 is 2.40 bits per heavy atom. The average Bonchev–Trinajstić information content (AvgIpc) is 2.60. The molecule has 3 unspecified atom stereocenters. The Hall–Kier alpha value is -0.0800. The molecule has 2 nitrogen and oxygen atoms in total. The minimum Gasteiger partial charge on any atom is -0.392 e. The molecule has 1 aliphatic rings. The maximum Gasteiger partial charge on any atom is 0.0656 e. The van der Waals surface area contributed by atoms with Gasteiger partial charge in [-0.2, -0.15) is 0 Å². The largest absolute Gasteiger partial charge is 0.392 e. The van der Waals surface area contributed by atoms with Crippen LogP contribution in [0.1, 0.15) is 53.4 Å². The number of nitrogens with two attached hydrogens (primary N) is 1. The van der Waals surface area contributed by atoms with Crippen LogP contribution in [0.4, 0.5) is 0 Å². The van der Waals surface area contributed by atoms with Crippen LogP contribution in [-0.2, 0) is 0 Å². The summed E-state index contributed by atoms with van der Waals surface area (Å²) in [5.74, 6) is 0.769. The van der Waals surface area contributed by atoms with Crippen molar-refractivity contribution in [3.8, 4) is 0 Å². The van der Waals surface area contributed by atoms with Crippen molar-refractivity contribution in [2.24, 2.45) is 22.5 Å². The normalized spacial score (nSPS) is 34.4. The van der Waals surface area contributed by atoms with Crippen LogP contribution in [0, 0.1) is 16.7 Å². The van der Waals surface area contributed by atoms with Gasteiger partial charge in [0.05, 0.1) is 6.10 Å². The van der Waals surface area contributed by atoms with Crippen LogP contribution in [-0.4, -0.2) is 17.8 Å². The van der Waals surface area contributed by atoms with Crippen molar-refractivity contribution in [1.29, 1.82) is 0 Å². The molecule has 0 heterocycles. The first-order chi connectivity index (χ1) is 6.85. The maximum atomic E-state index is 10.5. The molecule has 0 aliphatic heterocycles. The first-order valence-electron chi connectivity index (χ1n) is 6.24. The second kappa shape index (κ2) is 4.42. The lowest BCUT2D eigenvalue weighted by atomic mass is 9.69. The molecule has 1 fully saturated rings. The molecule has 3 atom stereocenters. The number of aliphatic hydroxyl groups excluding tert-OH is 1. The highest BCUT2D eigenvalue weighted by Crippen LogP contribution is 2.48. The van der Waals surface area contributed by atoms with E-state index in [1.807, 2.05) is 0 Å². The molecule has 15 heavy (non-hydrogen) atoms. The molecule has 3 N–H and O–H groups in total. The van der Waals surface area contributed by atoms with Crippen LogP contribution in [0.3, 0.4) is 0 Å². The van der Waals surface area contributed by atoms with Gasteiger partial charge in [0.2, 0.25) is 0 Å². The molecule has 0 radical (unpaired) electrons. The molecule has 0 aromatic rings. The van der Waals surface area contributed by atoms with Gasteiger partial charge in [0.15, 0.2) is 0 Å². The van der Waals surface area contributed by atoms with Crippen LogP contribution < -0.4 is 5.73 Å². The topological polar surface area (TPSA) is 46.2 Å². The van der Waals surface area contributed by atoms with Crippen molar-refractivity contribution < 1.29 is 5.11 Å². The van der Waals surface area contributed by atoms with E-state index in [1.165, 1.54) is 12.8 Å². The van der Waals surface area contributed by atoms with Gasteiger partial charge in [-0.1, -0.05) is 34.1 Å². The van der Waals surface area contributed by atoms with Gasteiger partial charge >= 0.3 is 0 Å². The molecule has 0 spiro atoms. The highest BCUT2D eigenvalue weighted by molar-refractivity contribution is 4.98. The van der Waals surface area contributed by atoms with Crippen LogP contribution in [0.15, 0.2) is 0 Å². The van der Waals surface area contributed by atoms with Gasteiger partial charge in [-0.3, -0.25) is 0 Å². The maximum absolute atomic E-state index is 10.5. The first kappa shape index (κ1) is 13.0. The van der Waals surface area contributed by atoms with Gasteiger partial charge in [0.25, 0.3) is 0 Å². The zero-order valence-corrected chi connectivity index (χ0v) is 10.7. The zero-order valence-electron chi connectivity index (χ0n) is 10.7. The summed E-state index contributed by atoms with van der Waals surface area (Å²) in [5, 5.41) is 10.5. The summed E-state index contributed by atoms with van der Waals surface area (Å²) < 4.78 is 0. The van der Waals surface area contributed by atoms with Crippen LogP contribution in [0.2, 0.25) is 0 Å². The SMILES string of the molecule is CCC1CCC(CN)(C(O)C(C)(C)C)C1. The monoisotopic (exact) mass is 213 g/mol. The van der Waals surface area contributed by atoms with Crippen molar-refractivity contribution in [3.63, 3.8) is 0 Å². The van der Waals surface area contributed by atoms with E-state index < -0.39 is 0 Å². The molecule has 0 aromatic carbocycles. The van der Waals surface area contributed by atoms with Crippen LogP contribution in [0.25, 0.3) is 0 Å². The smallest absolute Gasteiger partial charge is 0.0656 e. The van der Waals surface area contributed by atoms with Gasteiger partial charge in [0.1, 0.15) is 0 Å². The summed E-state index contributed by atoms with van der Waals surface area (Å²) in [5.41, 5.74) is 5.85. The Kier molecular flexibility index (Phi) is 3.83. The van der Waals surface area contributed by atoms with Gasteiger partial charge in [0, 0.05) is 12.0 Å². The van der Waals surface area contributed by atoms with E-state index >= 15 is 0 Å². The molecular weight excluding hydrogens is 186 g/mol. The highest BCUT2D eigenvalue weighted by atomic mass is 16.3. The molecule has 0 amide bonds. The van der Waals surface area contributed by atoms with Crippen molar-refractivity contribution in [2.45, 2.75) is 59.5 Å². The lowest BCUT2D eigenvalue weighted by molar-refractivity contribution is -0.0452. The quantitative estimate of drug-likeness (QED) is 0.757. The standard InChI is InChI=1S/C13H27NO/c1-5-10-6-7-13(8-10,9-14)11(15)12(2,3)4/h10-11,15H,5-9,14H2,1-4H3. The van der Waals surface area contributed by atoms with E-state index in [1.54, 1.807) is 0 Å². The molecule has 1 saturated carbocycles. The van der Waals surface area contributed by atoms with E-state index in [-0.39, 0.29) is 16.9 Å². The predicted molar refractivity (Wildman–Crippen MR) is 64.6 cm³/mol. The number of rotatable bonds is 3. The van der Waals surface area contributed by atoms with Crippen LogP contribution >= 0.6 is 0 Å². The second-order valence-corrected chi connectivity index (χ2v) is 6.35. The Morgan fingerprint density at radius 2 is 2.07 bits per heavy atom. The Balaban J connectivity index is 2.79. The molecule has 2 heteroatoms. The summed E-state index contributed by atoms with van der Waals surface area (Å²) in [7, 11) is 0. The fourth-order valence-electron chi connectivity index (χ4n) is 3.08. The summed E-state index contributed by atoms with van der Waals surface area (Å²) in [6.07, 6.45) is 4.39. The van der Waals surface area contributed by atoms with Gasteiger partial charge < -0.3 is 10.8 Å². The third-order valence-corrected chi connectivity index (χ3v) is 4.13. The van der Waals surface area contributed by atoms with Crippen molar-refractivity contribution in [1.82, 2.24) is 0 Å². The number of hydrogen-bond acceptors (Lipinski definition) is 2. The first-order valence-corrected chi connectivity index (χ1v) is 6.24. The van der Waals surface area contributed by atoms with E-state index in [9.17, 15) is 5.11 Å². The Bertz CT molecular complexity index is 209. The van der Waals surface area contributed by atoms with Crippen LogP contribution in [0.5, 0.6) is 0 Å². The van der Waals surface area contributed by atoms with Gasteiger partial charge in [-0.25, -0.2) is 0 Å². The van der Waals surface area contributed by atoms with Crippen molar-refractivity contribution in [2.75, 3.05) is 6.54 Å². The van der Waals surface area contributed by atoms with Gasteiger partial charge in [-0.15, -0.1) is 0 Å². The van der Waals surface area contributed by atoms with Crippen molar-refractivity contribution >= 4 is 0 Å². The minimum absolute atomic E-state index is 0.0150. The average molecular weight is 213 g/mol. The third-order valence-electron chi connectivity index (χ3n) is 4.13. The fraction of sp³-hybridized carbons (Fsp3) is 1.00. The lowest BCUT2D eigenvalue weighted by Gasteiger charge is -2.41. The van der Waals surface area contributed by atoms with E-state index in [0.29, 0.717) is 6.54 Å². The number of hydrogen-bond donors (Lipinski definition) is 2. The molecule has 90 valence electrons. The minimum atomic E-state index is -0.272. The Labute approximate surface area is 94.2 Å². The molecule has 1 rings (SSSR count). The summed E-state index contributed by atoms with van der Waals surface area (Å²) in [4.78, 5) is 0. The summed E-state index contributed by atoms with van der Waals surface area (Å²) >= 11 is 0. The number of aliphatic hydroxyl groups is 1. The Morgan fingerprint density at radius 1 is 1.47 bits per heavy atom. The third kappa shape index (κ3) is 2.54. The molecular formula is C13H27NO. The highest BCUT2D eigenvalue weighted by Gasteiger charge is 2.47. The van der Waals surface area contributed by atoms with Crippen molar-refractivity contribution in [3.05, 3.63) is 0 Å². The second-order valence-electron chi connectivity index (χ2n) is 6.35. The predicted octanol–water partition coefficient (Wildman–Crippen LogP) is 2.55. The van der Waals surface area contributed by atoms with E-state index in [0.717, 1.165) is 18.8 Å². The zero-order chi connectivity index (χ0) is 11.7. The van der Waals surface area contributed by atoms with E-state index in [4.69, 9.17) is 5.73 Å². The molecule has 0 saturated heterocycles. The fourth-order valence-corrected chi connectivity index (χ4v) is 3.08. The molecule has 0 aromatic heterocycles.